The molecule has 3 aromatic carbocycles. The number of hydrogen-bond acceptors (Lipinski definition) is 8. The fraction of sp³-hybridized carbons (Fsp3) is 0.242. The highest BCUT2D eigenvalue weighted by Gasteiger charge is 2.30. The zero-order valence-corrected chi connectivity index (χ0v) is 23.9. The highest BCUT2D eigenvalue weighted by molar-refractivity contribution is 5.90. The molecule has 0 bridgehead atoms. The maximum atomic E-state index is 12.6. The topological polar surface area (TPSA) is 116 Å². The predicted octanol–water partition coefficient (Wildman–Crippen LogP) is 5.91. The van der Waals surface area contributed by atoms with Gasteiger partial charge in [0.05, 0.1) is 25.2 Å². The first-order valence-corrected chi connectivity index (χ1v) is 13.8. The van der Waals surface area contributed by atoms with Gasteiger partial charge in [0.25, 0.3) is 0 Å². The monoisotopic (exact) mass is 559 g/mol. The molecule has 6 rings (SSSR count). The van der Waals surface area contributed by atoms with Gasteiger partial charge in [0, 0.05) is 16.7 Å². The predicted molar refractivity (Wildman–Crippen MR) is 157 cm³/mol. The zero-order valence-electron chi connectivity index (χ0n) is 23.9. The van der Waals surface area contributed by atoms with Gasteiger partial charge >= 0.3 is 0 Å². The molecule has 42 heavy (non-hydrogen) atoms. The lowest BCUT2D eigenvalue weighted by atomic mass is 9.91. The maximum absolute atomic E-state index is 12.6. The number of amides is 1. The van der Waals surface area contributed by atoms with E-state index < -0.39 is 0 Å². The van der Waals surface area contributed by atoms with Gasteiger partial charge in [0.1, 0.15) is 29.3 Å². The Bertz CT molecular complexity index is 1890. The number of carbonyl (C=O) groups excluding carboxylic acids is 2. The van der Waals surface area contributed by atoms with Crippen LogP contribution in [0.15, 0.2) is 57.4 Å². The Hall–Kier alpha value is -5.07. The van der Waals surface area contributed by atoms with Crippen LogP contribution in [0.5, 0.6) is 0 Å². The Morgan fingerprint density at radius 3 is 2.24 bits per heavy atom. The number of rotatable bonds is 7. The van der Waals surface area contributed by atoms with E-state index >= 15 is 0 Å². The molecule has 0 N–H and O–H groups in total. The van der Waals surface area contributed by atoms with E-state index in [-0.39, 0.29) is 11.5 Å². The quantitative estimate of drug-likeness (QED) is 0.226. The van der Waals surface area contributed by atoms with E-state index in [1.807, 2.05) is 63.1 Å². The third-order valence-corrected chi connectivity index (χ3v) is 7.94. The molecule has 0 unspecified atom stereocenters. The first-order chi connectivity index (χ1) is 20.3. The summed E-state index contributed by atoms with van der Waals surface area (Å²) in [4.78, 5) is 37.1. The smallest absolute Gasteiger partial charge is 0.237 e. The molecule has 5 aromatic rings. The van der Waals surface area contributed by atoms with E-state index in [1.165, 1.54) is 6.07 Å². The number of oxazole rings is 2. The van der Waals surface area contributed by atoms with Gasteiger partial charge in [-0.2, -0.15) is 5.26 Å². The number of benzene rings is 3. The van der Waals surface area contributed by atoms with Gasteiger partial charge in [-0.3, -0.25) is 14.5 Å². The van der Waals surface area contributed by atoms with Gasteiger partial charge in [0.2, 0.25) is 17.7 Å². The summed E-state index contributed by atoms with van der Waals surface area (Å²) in [5.41, 5.74) is 7.92. The van der Waals surface area contributed by atoms with Crippen molar-refractivity contribution in [2.75, 3.05) is 20.1 Å². The van der Waals surface area contributed by atoms with E-state index in [4.69, 9.17) is 13.8 Å². The molecule has 0 atom stereocenters. The second kappa shape index (κ2) is 10.7. The molecular formula is C33H29N5O4. The van der Waals surface area contributed by atoms with Crippen molar-refractivity contribution in [1.29, 1.82) is 5.26 Å². The highest BCUT2D eigenvalue weighted by atomic mass is 16.4. The second-order valence-corrected chi connectivity index (χ2v) is 10.6. The molecule has 0 saturated heterocycles. The van der Waals surface area contributed by atoms with Crippen LogP contribution in [0.25, 0.3) is 45.1 Å². The molecule has 0 radical (unpaired) electrons. The van der Waals surface area contributed by atoms with Crippen molar-refractivity contribution in [3.63, 3.8) is 0 Å². The second-order valence-electron chi connectivity index (χ2n) is 10.6. The summed E-state index contributed by atoms with van der Waals surface area (Å²) < 4.78 is 12.3. The molecular weight excluding hydrogens is 530 g/mol. The lowest BCUT2D eigenvalue weighted by molar-refractivity contribution is -0.132. The van der Waals surface area contributed by atoms with E-state index in [9.17, 15) is 14.9 Å². The van der Waals surface area contributed by atoms with Gasteiger partial charge in [-0.25, -0.2) is 9.97 Å². The van der Waals surface area contributed by atoms with Crippen LogP contribution in [0.3, 0.4) is 0 Å². The summed E-state index contributed by atoms with van der Waals surface area (Å²) >= 11 is 0. The van der Waals surface area contributed by atoms with Crippen molar-refractivity contribution >= 4 is 23.3 Å². The summed E-state index contributed by atoms with van der Waals surface area (Å²) in [6, 6.07) is 17.2. The molecule has 0 spiro atoms. The van der Waals surface area contributed by atoms with Crippen LogP contribution in [0.2, 0.25) is 0 Å². The summed E-state index contributed by atoms with van der Waals surface area (Å²) in [5, 5.41) is 9.56. The summed E-state index contributed by atoms with van der Waals surface area (Å²) in [6.07, 6.45) is 0.695. The highest BCUT2D eigenvalue weighted by Crippen LogP contribution is 2.38. The Morgan fingerprint density at radius 2 is 1.64 bits per heavy atom. The fourth-order valence-electron chi connectivity index (χ4n) is 5.41. The number of nitrogens with zero attached hydrogens (tertiary/aromatic N) is 5. The summed E-state index contributed by atoms with van der Waals surface area (Å²) in [6.45, 7) is 8.12. The molecule has 1 aliphatic rings. The Balaban J connectivity index is 1.33. The van der Waals surface area contributed by atoms with Gasteiger partial charge in [-0.15, -0.1) is 0 Å². The number of hydrogen-bond donors (Lipinski definition) is 0. The van der Waals surface area contributed by atoms with Crippen LogP contribution in [0, 0.1) is 25.2 Å². The molecule has 9 nitrogen and oxygen atoms in total. The Morgan fingerprint density at radius 1 is 1.00 bits per heavy atom. The molecule has 3 heterocycles. The molecule has 2 aromatic heterocycles. The van der Waals surface area contributed by atoms with Crippen LogP contribution < -0.4 is 0 Å². The number of aldehydes is 1. The number of likely N-dealkylation sites (N-methyl/N-ethyl adjacent to an activating group) is 1. The standard InChI is InChI=1S/C33H29N5O4/c1-5-37(4)17-30(40)38-15-28-29(16-38)41-32(36-28)25-10-6-8-23(19(25)2)24-9-7-11-26(20(24)3)33-35-27-13-21(18-39)12-22(14-34)31(27)42-33/h6-13,18H,5,15-17H2,1-4H3. The van der Waals surface area contributed by atoms with E-state index in [1.54, 1.807) is 11.0 Å². The molecule has 1 amide bonds. The first kappa shape index (κ1) is 27.1. The summed E-state index contributed by atoms with van der Waals surface area (Å²) in [7, 11) is 1.93. The minimum atomic E-state index is 0.0644. The average molecular weight is 560 g/mol. The van der Waals surface area contributed by atoms with E-state index in [2.05, 4.69) is 17.1 Å². The van der Waals surface area contributed by atoms with Crippen LogP contribution in [0.4, 0.5) is 0 Å². The van der Waals surface area contributed by atoms with Crippen molar-refractivity contribution < 1.29 is 18.4 Å². The first-order valence-electron chi connectivity index (χ1n) is 13.8. The van der Waals surface area contributed by atoms with E-state index in [0.29, 0.717) is 54.4 Å². The minimum Gasteiger partial charge on any atom is -0.439 e. The lowest BCUT2D eigenvalue weighted by Crippen LogP contribution is -2.35. The summed E-state index contributed by atoms with van der Waals surface area (Å²) in [5.74, 6) is 1.71. The van der Waals surface area contributed by atoms with Gasteiger partial charge in [-0.05, 0) is 74.0 Å². The molecule has 0 aliphatic carbocycles. The number of aromatic nitrogens is 2. The van der Waals surface area contributed by atoms with Gasteiger partial charge in [-0.1, -0.05) is 31.2 Å². The van der Waals surface area contributed by atoms with Crippen molar-refractivity contribution in [1.82, 2.24) is 19.8 Å². The Labute approximate surface area is 243 Å². The SMILES string of the molecule is CCN(C)CC(=O)N1Cc2nc(-c3cccc(-c4cccc(-c5nc6cc(C=O)cc(C#N)c6o5)c4C)c3C)oc2C1. The van der Waals surface area contributed by atoms with Crippen molar-refractivity contribution in [2.45, 2.75) is 33.9 Å². The van der Waals surface area contributed by atoms with Gasteiger partial charge in [0.15, 0.2) is 5.58 Å². The molecule has 0 fully saturated rings. The third kappa shape index (κ3) is 4.66. The van der Waals surface area contributed by atoms with Crippen LogP contribution in [-0.2, 0) is 17.9 Å². The maximum Gasteiger partial charge on any atom is 0.237 e. The molecule has 9 heteroatoms. The van der Waals surface area contributed by atoms with Crippen LogP contribution >= 0.6 is 0 Å². The largest absolute Gasteiger partial charge is 0.439 e. The number of fused-ring (bicyclic) bond motifs is 2. The number of nitriles is 1. The normalized spacial score (nSPS) is 12.6. The Kier molecular flexibility index (Phi) is 6.93. The minimum absolute atomic E-state index is 0.0644. The van der Waals surface area contributed by atoms with Crippen molar-refractivity contribution in [2.24, 2.45) is 0 Å². The van der Waals surface area contributed by atoms with Crippen molar-refractivity contribution in [3.8, 4) is 40.1 Å². The molecule has 210 valence electrons. The van der Waals surface area contributed by atoms with E-state index in [0.717, 1.165) is 51.4 Å². The van der Waals surface area contributed by atoms with Gasteiger partial charge < -0.3 is 13.7 Å². The van der Waals surface area contributed by atoms with Crippen LogP contribution in [0.1, 0.15) is 45.4 Å². The number of carbonyl (C=O) groups is 2. The lowest BCUT2D eigenvalue weighted by Gasteiger charge is -2.19. The average Bonchev–Trinajstić information content (AvgIpc) is 3.70. The fourth-order valence-corrected chi connectivity index (χ4v) is 5.41. The van der Waals surface area contributed by atoms with Crippen molar-refractivity contribution in [3.05, 3.63) is 82.2 Å². The van der Waals surface area contributed by atoms with Crippen LogP contribution in [-0.4, -0.2) is 52.1 Å². The third-order valence-electron chi connectivity index (χ3n) is 7.94. The molecule has 0 saturated carbocycles. The zero-order chi connectivity index (χ0) is 29.5. The molecule has 1 aliphatic heterocycles.